The molecule has 0 spiro atoms. The molecule has 0 aromatic heterocycles. The van der Waals surface area contributed by atoms with Crippen molar-refractivity contribution in [2.75, 3.05) is 19.8 Å². The quantitative estimate of drug-likeness (QED) is 0.0454. The fourth-order valence-electron chi connectivity index (χ4n) is 6.15. The molecule has 2 rings (SSSR count). The monoisotopic (exact) mass is 733 g/mol. The van der Waals surface area contributed by atoms with E-state index in [0.29, 0.717) is 12.8 Å². The lowest BCUT2D eigenvalue weighted by molar-refractivity contribution is -0.359. The molecule has 0 saturated carbocycles. The van der Waals surface area contributed by atoms with Crippen LogP contribution in [0.5, 0.6) is 0 Å². The van der Waals surface area contributed by atoms with Crippen molar-refractivity contribution in [3.05, 3.63) is 24.3 Å². The van der Waals surface area contributed by atoms with Crippen molar-refractivity contribution in [1.29, 1.82) is 0 Å². The Bertz CT molecular complexity index is 967. The van der Waals surface area contributed by atoms with Gasteiger partial charge in [0, 0.05) is 6.42 Å². The van der Waals surface area contributed by atoms with E-state index in [1.807, 2.05) is 0 Å². The van der Waals surface area contributed by atoms with Crippen LogP contribution < -0.4 is 5.32 Å². The Morgan fingerprint density at radius 2 is 1.33 bits per heavy atom. The van der Waals surface area contributed by atoms with Gasteiger partial charge in [-0.25, -0.2) is 0 Å². The van der Waals surface area contributed by atoms with Crippen LogP contribution in [0.2, 0.25) is 0 Å². The van der Waals surface area contributed by atoms with E-state index in [4.69, 9.17) is 18.9 Å². The molecule has 51 heavy (non-hydrogen) atoms. The van der Waals surface area contributed by atoms with E-state index in [2.05, 4.69) is 43.5 Å². The summed E-state index contributed by atoms with van der Waals surface area (Å²) in [6, 6.07) is -0.827. The number of aliphatic hydroxyl groups excluding tert-OH is 8. The Labute approximate surface area is 303 Å². The zero-order valence-corrected chi connectivity index (χ0v) is 30.6. The molecule has 2 fully saturated rings. The van der Waals surface area contributed by atoms with Gasteiger partial charge in [0.1, 0.15) is 48.8 Å². The van der Waals surface area contributed by atoms with Gasteiger partial charge in [-0.3, -0.25) is 4.79 Å². The molecular formula is C37H67NO13. The van der Waals surface area contributed by atoms with Crippen molar-refractivity contribution in [3.8, 4) is 0 Å². The minimum absolute atomic E-state index is 0.235. The van der Waals surface area contributed by atoms with E-state index in [1.54, 1.807) is 0 Å². The molecule has 0 radical (unpaired) electrons. The molecule has 2 aliphatic rings. The highest BCUT2D eigenvalue weighted by molar-refractivity contribution is 5.76. The Balaban J connectivity index is 1.88. The molecule has 0 aliphatic carbocycles. The lowest BCUT2D eigenvalue weighted by Gasteiger charge is -2.46. The Morgan fingerprint density at radius 1 is 0.706 bits per heavy atom. The summed E-state index contributed by atoms with van der Waals surface area (Å²) in [6.07, 6.45) is 5.65. The minimum Gasteiger partial charge on any atom is -0.394 e. The summed E-state index contributed by atoms with van der Waals surface area (Å²) in [6.45, 7) is 2.58. The number of rotatable bonds is 26. The van der Waals surface area contributed by atoms with Crippen molar-refractivity contribution >= 4 is 5.91 Å². The van der Waals surface area contributed by atoms with Gasteiger partial charge in [-0.15, -0.1) is 0 Å². The molecule has 2 saturated heterocycles. The van der Waals surface area contributed by atoms with Gasteiger partial charge < -0.3 is 65.1 Å². The van der Waals surface area contributed by atoms with Crippen molar-refractivity contribution in [3.63, 3.8) is 0 Å². The van der Waals surface area contributed by atoms with Gasteiger partial charge in [0.25, 0.3) is 0 Å². The van der Waals surface area contributed by atoms with Crippen LogP contribution in [0.1, 0.15) is 110 Å². The van der Waals surface area contributed by atoms with E-state index in [0.717, 1.165) is 77.0 Å². The molecule has 0 aromatic rings. The highest BCUT2D eigenvalue weighted by Crippen LogP contribution is 2.30. The average Bonchev–Trinajstić information content (AvgIpc) is 3.12. The Hall–Kier alpha value is -1.53. The number of carbonyl (C=O) groups is 1. The number of hydrogen-bond donors (Lipinski definition) is 9. The van der Waals surface area contributed by atoms with Crippen molar-refractivity contribution in [1.82, 2.24) is 5.32 Å². The van der Waals surface area contributed by atoms with Crippen LogP contribution in [0.15, 0.2) is 24.3 Å². The number of unbranched alkanes of at least 4 members (excludes halogenated alkanes) is 9. The van der Waals surface area contributed by atoms with E-state index in [-0.39, 0.29) is 18.9 Å². The number of amides is 1. The van der Waals surface area contributed by atoms with Crippen molar-refractivity contribution < 1.29 is 64.6 Å². The van der Waals surface area contributed by atoms with E-state index in [9.17, 15) is 45.6 Å². The maximum Gasteiger partial charge on any atom is 0.220 e. The summed E-state index contributed by atoms with van der Waals surface area (Å²) < 4.78 is 22.4. The third-order valence-corrected chi connectivity index (χ3v) is 9.40. The molecule has 0 aromatic carbocycles. The minimum atomic E-state index is -1.78. The lowest BCUT2D eigenvalue weighted by Crippen LogP contribution is -2.65. The number of hydrogen-bond acceptors (Lipinski definition) is 13. The fourth-order valence-corrected chi connectivity index (χ4v) is 6.15. The summed E-state index contributed by atoms with van der Waals surface area (Å²) in [5.74, 6) is -0.235. The number of nitrogens with one attached hydrogen (secondary N) is 1. The van der Waals surface area contributed by atoms with Gasteiger partial charge in [0.05, 0.1) is 32.0 Å². The maximum atomic E-state index is 12.9. The highest BCUT2D eigenvalue weighted by Gasteiger charge is 2.50. The van der Waals surface area contributed by atoms with E-state index < -0.39 is 86.8 Å². The Kier molecular flexibility index (Phi) is 23.5. The normalized spacial score (nSPS) is 31.3. The first-order valence-corrected chi connectivity index (χ1v) is 19.1. The zero-order chi connectivity index (χ0) is 37.6. The third-order valence-electron chi connectivity index (χ3n) is 9.40. The Morgan fingerprint density at radius 3 is 2.02 bits per heavy atom. The van der Waals surface area contributed by atoms with Gasteiger partial charge in [-0.05, 0) is 38.5 Å². The summed E-state index contributed by atoms with van der Waals surface area (Å²) in [5.41, 5.74) is 0. The van der Waals surface area contributed by atoms with Crippen LogP contribution in [0.3, 0.4) is 0 Å². The molecule has 0 bridgehead atoms. The molecule has 14 heteroatoms. The van der Waals surface area contributed by atoms with Gasteiger partial charge in [-0.1, -0.05) is 89.5 Å². The number of carbonyl (C=O) groups excluding carboxylic acids is 1. The fraction of sp³-hybridized carbons (Fsp3) is 0.865. The first-order valence-electron chi connectivity index (χ1n) is 19.1. The molecule has 12 atom stereocenters. The van der Waals surface area contributed by atoms with Crippen molar-refractivity contribution in [2.24, 2.45) is 0 Å². The summed E-state index contributed by atoms with van der Waals surface area (Å²) in [4.78, 5) is 12.9. The predicted octanol–water partition coefficient (Wildman–Crippen LogP) is 1.48. The van der Waals surface area contributed by atoms with Gasteiger partial charge in [0.15, 0.2) is 12.6 Å². The van der Waals surface area contributed by atoms with Crippen LogP contribution in [0.4, 0.5) is 0 Å². The van der Waals surface area contributed by atoms with Gasteiger partial charge in [0.2, 0.25) is 5.91 Å². The standard InChI is InChI=1S/C37H67NO13/c1-3-5-7-9-10-11-12-13-14-15-16-17-19-21-29(42)38-25(26(41)20-18-8-6-4-2)24-48-36-34(47)32(45)35(28(23-40)50-36)51-37-33(46)31(44)30(43)27(22-39)49-37/h7,9,11-12,25-28,30-37,39-41,43-47H,3-6,8,10,13-24H2,1-2H3,(H,38,42)/b9-7-,12-11-. The summed E-state index contributed by atoms with van der Waals surface area (Å²) in [7, 11) is 0. The largest absolute Gasteiger partial charge is 0.394 e. The predicted molar refractivity (Wildman–Crippen MR) is 189 cm³/mol. The molecule has 298 valence electrons. The molecule has 1 amide bonds. The van der Waals surface area contributed by atoms with Crippen LogP contribution in [-0.4, -0.2) is 140 Å². The van der Waals surface area contributed by atoms with Crippen LogP contribution in [0.25, 0.3) is 0 Å². The summed E-state index contributed by atoms with van der Waals surface area (Å²) in [5, 5.41) is 85.7. The molecule has 14 nitrogen and oxygen atoms in total. The molecule has 2 heterocycles. The van der Waals surface area contributed by atoms with Crippen LogP contribution >= 0.6 is 0 Å². The van der Waals surface area contributed by atoms with Gasteiger partial charge >= 0.3 is 0 Å². The van der Waals surface area contributed by atoms with Crippen LogP contribution in [0, 0.1) is 0 Å². The van der Waals surface area contributed by atoms with E-state index >= 15 is 0 Å². The second kappa shape index (κ2) is 26.3. The smallest absolute Gasteiger partial charge is 0.220 e. The van der Waals surface area contributed by atoms with Gasteiger partial charge in [-0.2, -0.15) is 0 Å². The van der Waals surface area contributed by atoms with Crippen molar-refractivity contribution in [2.45, 2.75) is 184 Å². The second-order valence-corrected chi connectivity index (χ2v) is 13.7. The average molecular weight is 734 g/mol. The maximum absolute atomic E-state index is 12.9. The SMILES string of the molecule is CCC/C=C\C/C=C\CCCCCCCC(=O)NC(COC1OC(CO)C(OC2OC(CO)C(O)C(O)C2O)C(O)C1O)C(O)CCCCCC. The number of aliphatic hydroxyl groups is 8. The third kappa shape index (κ3) is 16.2. The number of ether oxygens (including phenoxy) is 4. The second-order valence-electron chi connectivity index (χ2n) is 13.7. The number of allylic oxidation sites excluding steroid dienone is 4. The molecular weight excluding hydrogens is 666 g/mol. The molecule has 12 unspecified atom stereocenters. The lowest BCUT2D eigenvalue weighted by atomic mass is 9.97. The zero-order valence-electron chi connectivity index (χ0n) is 30.6. The first kappa shape index (κ1) is 45.6. The highest BCUT2D eigenvalue weighted by atomic mass is 16.7. The summed E-state index contributed by atoms with van der Waals surface area (Å²) >= 11 is 0. The molecule has 9 N–H and O–H groups in total. The first-order chi connectivity index (χ1) is 24.6. The topological polar surface area (TPSA) is 228 Å². The van der Waals surface area contributed by atoms with E-state index in [1.165, 1.54) is 0 Å². The molecule has 2 aliphatic heterocycles. The van der Waals surface area contributed by atoms with Crippen LogP contribution in [-0.2, 0) is 23.7 Å².